The van der Waals surface area contributed by atoms with Crippen molar-refractivity contribution in [3.63, 3.8) is 0 Å². The zero-order valence-corrected chi connectivity index (χ0v) is 11.5. The van der Waals surface area contributed by atoms with Crippen LogP contribution in [-0.4, -0.2) is 41.5 Å². The molecule has 2 rings (SSSR count). The van der Waals surface area contributed by atoms with Gasteiger partial charge in [0, 0.05) is 7.11 Å². The maximum absolute atomic E-state index is 12.2. The van der Waals surface area contributed by atoms with E-state index in [0.717, 1.165) is 19.3 Å². The standard InChI is InChI=1S/C13H20N2O4/c1-7-11(8(2)19-15-7)13(17)14-9-5-4-6-10(18-3)12(9)16/h9-10,12,16H,4-6H2,1-3H3,(H,14,17)/t9-,10-,12-/m1/s1. The van der Waals surface area contributed by atoms with Gasteiger partial charge in [0.2, 0.25) is 0 Å². The van der Waals surface area contributed by atoms with Gasteiger partial charge >= 0.3 is 0 Å². The van der Waals surface area contributed by atoms with Gasteiger partial charge in [-0.15, -0.1) is 0 Å². The highest BCUT2D eigenvalue weighted by Crippen LogP contribution is 2.22. The van der Waals surface area contributed by atoms with E-state index in [-0.39, 0.29) is 18.1 Å². The van der Waals surface area contributed by atoms with Crippen molar-refractivity contribution in [2.24, 2.45) is 0 Å². The van der Waals surface area contributed by atoms with Gasteiger partial charge in [0.1, 0.15) is 17.4 Å². The minimum Gasteiger partial charge on any atom is -0.388 e. The van der Waals surface area contributed by atoms with Crippen LogP contribution in [0.15, 0.2) is 4.52 Å². The lowest BCUT2D eigenvalue weighted by atomic mass is 9.89. The van der Waals surface area contributed by atoms with E-state index in [1.165, 1.54) is 0 Å². The van der Waals surface area contributed by atoms with Gasteiger partial charge in [0.15, 0.2) is 0 Å². The summed E-state index contributed by atoms with van der Waals surface area (Å²) in [5, 5.41) is 16.7. The molecule has 0 radical (unpaired) electrons. The lowest BCUT2D eigenvalue weighted by Crippen LogP contribution is -2.51. The predicted molar refractivity (Wildman–Crippen MR) is 67.9 cm³/mol. The molecule has 1 aliphatic rings. The molecule has 0 spiro atoms. The lowest BCUT2D eigenvalue weighted by Gasteiger charge is -2.34. The summed E-state index contributed by atoms with van der Waals surface area (Å²) < 4.78 is 10.2. The third kappa shape index (κ3) is 2.79. The Morgan fingerprint density at radius 2 is 2.21 bits per heavy atom. The van der Waals surface area contributed by atoms with Gasteiger partial charge in [-0.2, -0.15) is 0 Å². The second-order valence-corrected chi connectivity index (χ2v) is 4.97. The molecule has 0 saturated heterocycles. The van der Waals surface area contributed by atoms with Crippen LogP contribution in [-0.2, 0) is 4.74 Å². The second kappa shape index (κ2) is 5.71. The van der Waals surface area contributed by atoms with Crippen molar-refractivity contribution >= 4 is 5.91 Å². The van der Waals surface area contributed by atoms with Crippen LogP contribution in [0, 0.1) is 13.8 Å². The molecule has 1 saturated carbocycles. The summed E-state index contributed by atoms with van der Waals surface area (Å²) in [5.74, 6) is 0.237. The molecule has 1 aromatic heterocycles. The summed E-state index contributed by atoms with van der Waals surface area (Å²) in [7, 11) is 1.58. The van der Waals surface area contributed by atoms with Crippen LogP contribution < -0.4 is 5.32 Å². The first-order valence-electron chi connectivity index (χ1n) is 6.49. The van der Waals surface area contributed by atoms with Crippen molar-refractivity contribution < 1.29 is 19.2 Å². The van der Waals surface area contributed by atoms with Gasteiger partial charge < -0.3 is 19.7 Å². The van der Waals surface area contributed by atoms with E-state index in [1.807, 2.05) is 0 Å². The maximum Gasteiger partial charge on any atom is 0.257 e. The number of aromatic nitrogens is 1. The smallest absolute Gasteiger partial charge is 0.257 e. The minimum atomic E-state index is -0.678. The highest BCUT2D eigenvalue weighted by atomic mass is 16.5. The number of nitrogens with one attached hydrogen (secondary N) is 1. The molecule has 2 N–H and O–H groups in total. The molecule has 1 heterocycles. The third-order valence-electron chi connectivity index (χ3n) is 3.68. The highest BCUT2D eigenvalue weighted by Gasteiger charge is 2.33. The Labute approximate surface area is 112 Å². The van der Waals surface area contributed by atoms with Crippen LogP contribution in [0.1, 0.15) is 41.1 Å². The maximum atomic E-state index is 12.2. The summed E-state index contributed by atoms with van der Waals surface area (Å²) in [5.41, 5.74) is 1.01. The minimum absolute atomic E-state index is 0.219. The number of aryl methyl sites for hydroxylation is 2. The zero-order valence-electron chi connectivity index (χ0n) is 11.5. The van der Waals surface area contributed by atoms with Gasteiger partial charge in [0.25, 0.3) is 5.91 Å². The Balaban J connectivity index is 2.06. The summed E-state index contributed by atoms with van der Waals surface area (Å²) in [4.78, 5) is 12.2. The number of hydrogen-bond donors (Lipinski definition) is 2. The van der Waals surface area contributed by atoms with Crippen LogP contribution in [0.4, 0.5) is 0 Å². The van der Waals surface area contributed by atoms with Gasteiger partial charge in [0.05, 0.1) is 17.8 Å². The lowest BCUT2D eigenvalue weighted by molar-refractivity contribution is -0.0513. The number of amides is 1. The van der Waals surface area contributed by atoms with Crippen molar-refractivity contribution in [2.75, 3.05) is 7.11 Å². The SMILES string of the molecule is CO[C@@H]1CCC[C@@H](NC(=O)c2c(C)noc2C)[C@H]1O. The van der Waals surface area contributed by atoms with Crippen molar-refractivity contribution in [3.05, 3.63) is 17.0 Å². The van der Waals surface area contributed by atoms with Crippen LogP contribution in [0.2, 0.25) is 0 Å². The average Bonchev–Trinajstić information content (AvgIpc) is 2.71. The predicted octanol–water partition coefficient (Wildman–Crippen LogP) is 0.950. The second-order valence-electron chi connectivity index (χ2n) is 4.97. The van der Waals surface area contributed by atoms with E-state index < -0.39 is 6.10 Å². The molecule has 1 aromatic rings. The molecule has 6 heteroatoms. The molecule has 3 atom stereocenters. The number of methoxy groups -OCH3 is 1. The van der Waals surface area contributed by atoms with E-state index in [9.17, 15) is 9.90 Å². The number of aliphatic hydroxyl groups is 1. The Hall–Kier alpha value is -1.40. The quantitative estimate of drug-likeness (QED) is 0.852. The van der Waals surface area contributed by atoms with Gasteiger partial charge in [-0.25, -0.2) is 0 Å². The Morgan fingerprint density at radius 1 is 1.47 bits per heavy atom. The molecule has 1 amide bonds. The van der Waals surface area contributed by atoms with E-state index in [2.05, 4.69) is 10.5 Å². The molecule has 19 heavy (non-hydrogen) atoms. The molecule has 0 aromatic carbocycles. The summed E-state index contributed by atoms with van der Waals surface area (Å²) in [6.07, 6.45) is 1.58. The van der Waals surface area contributed by atoms with Gasteiger partial charge in [-0.3, -0.25) is 4.79 Å². The highest BCUT2D eigenvalue weighted by molar-refractivity contribution is 5.96. The van der Waals surface area contributed by atoms with Crippen LogP contribution in [0.25, 0.3) is 0 Å². The molecule has 6 nitrogen and oxygen atoms in total. The third-order valence-corrected chi connectivity index (χ3v) is 3.68. The average molecular weight is 268 g/mol. The molecular formula is C13H20N2O4. The number of carbonyl (C=O) groups is 1. The van der Waals surface area contributed by atoms with Gasteiger partial charge in [-0.1, -0.05) is 5.16 Å². The van der Waals surface area contributed by atoms with Crippen molar-refractivity contribution in [3.8, 4) is 0 Å². The fraction of sp³-hybridized carbons (Fsp3) is 0.692. The number of aliphatic hydroxyl groups excluding tert-OH is 1. The largest absolute Gasteiger partial charge is 0.388 e. The molecule has 1 aliphatic carbocycles. The summed E-state index contributed by atoms with van der Waals surface area (Å²) >= 11 is 0. The number of rotatable bonds is 3. The molecule has 106 valence electrons. The number of carbonyl (C=O) groups excluding carboxylic acids is 1. The number of hydrogen-bond acceptors (Lipinski definition) is 5. The van der Waals surface area contributed by atoms with E-state index in [4.69, 9.17) is 9.26 Å². The molecule has 1 fully saturated rings. The topological polar surface area (TPSA) is 84.6 Å². The van der Waals surface area contributed by atoms with E-state index >= 15 is 0 Å². The fourth-order valence-electron chi connectivity index (χ4n) is 2.60. The number of ether oxygens (including phenoxy) is 1. The zero-order chi connectivity index (χ0) is 14.0. The van der Waals surface area contributed by atoms with Crippen molar-refractivity contribution in [1.29, 1.82) is 0 Å². The first-order valence-corrected chi connectivity index (χ1v) is 6.49. The Bertz CT molecular complexity index is 438. The van der Waals surface area contributed by atoms with E-state index in [0.29, 0.717) is 17.0 Å². The summed E-state index contributed by atoms with van der Waals surface area (Å²) in [6, 6.07) is -0.292. The molecule has 0 unspecified atom stereocenters. The first-order chi connectivity index (χ1) is 9.04. The molecule has 0 bridgehead atoms. The van der Waals surface area contributed by atoms with Crippen LogP contribution >= 0.6 is 0 Å². The van der Waals surface area contributed by atoms with E-state index in [1.54, 1.807) is 21.0 Å². The van der Waals surface area contributed by atoms with Crippen LogP contribution in [0.3, 0.4) is 0 Å². The number of nitrogens with zero attached hydrogens (tertiary/aromatic N) is 1. The monoisotopic (exact) mass is 268 g/mol. The van der Waals surface area contributed by atoms with Crippen molar-refractivity contribution in [2.45, 2.75) is 51.4 Å². The Morgan fingerprint density at radius 3 is 2.79 bits per heavy atom. The van der Waals surface area contributed by atoms with Crippen LogP contribution in [0.5, 0.6) is 0 Å². The fourth-order valence-corrected chi connectivity index (χ4v) is 2.60. The van der Waals surface area contributed by atoms with Gasteiger partial charge in [-0.05, 0) is 33.1 Å². The normalized spacial score (nSPS) is 27.3. The molecular weight excluding hydrogens is 248 g/mol. The first kappa shape index (κ1) is 14.0. The Kier molecular flexibility index (Phi) is 4.21. The molecule has 0 aliphatic heterocycles. The van der Waals surface area contributed by atoms with Crippen molar-refractivity contribution in [1.82, 2.24) is 10.5 Å². The summed E-state index contributed by atoms with van der Waals surface area (Å²) in [6.45, 7) is 3.42.